The Bertz CT molecular complexity index is 1140. The van der Waals surface area contributed by atoms with Gasteiger partial charge in [-0.1, -0.05) is 0 Å². The molecule has 0 aromatic carbocycles. The first kappa shape index (κ1) is 15.5. The number of hydrogen-bond acceptors (Lipinski definition) is 7. The van der Waals surface area contributed by atoms with Crippen LogP contribution in [0, 0.1) is 0 Å². The molecule has 134 valence electrons. The molecule has 7 heteroatoms. The van der Waals surface area contributed by atoms with E-state index in [1.807, 2.05) is 36.4 Å². The van der Waals surface area contributed by atoms with Crippen molar-refractivity contribution < 1.29 is 17.7 Å². The van der Waals surface area contributed by atoms with Gasteiger partial charge in [0.1, 0.15) is 23.7 Å². The van der Waals surface area contributed by atoms with Crippen molar-refractivity contribution in [2.24, 2.45) is 0 Å². The number of fused-ring (bicyclic) bond motifs is 1. The predicted molar refractivity (Wildman–Crippen MR) is 98.1 cm³/mol. The largest absolute Gasteiger partial charge is 0.469 e. The minimum atomic E-state index is 0.461. The van der Waals surface area contributed by atoms with Gasteiger partial charge in [-0.15, -0.1) is 0 Å². The van der Waals surface area contributed by atoms with E-state index >= 15 is 0 Å². The molecule has 5 aromatic heterocycles. The summed E-state index contributed by atoms with van der Waals surface area (Å²) < 4.78 is 22.6. The molecule has 1 N–H and O–H groups in total. The molecule has 5 rings (SSSR count). The van der Waals surface area contributed by atoms with Crippen LogP contribution in [-0.4, -0.2) is 16.5 Å². The highest BCUT2D eigenvalue weighted by Crippen LogP contribution is 2.42. The third-order valence-electron chi connectivity index (χ3n) is 4.24. The Hall–Kier alpha value is -3.74. The molecule has 0 amide bonds. The Morgan fingerprint density at radius 3 is 2.37 bits per heavy atom. The number of anilines is 1. The van der Waals surface area contributed by atoms with Gasteiger partial charge in [-0.05, 0) is 36.4 Å². The topological polar surface area (TPSA) is 90.4 Å². The van der Waals surface area contributed by atoms with Crippen molar-refractivity contribution in [1.82, 2.24) is 9.97 Å². The molecule has 0 fully saturated rings. The van der Waals surface area contributed by atoms with Crippen LogP contribution in [-0.2, 0) is 6.42 Å². The summed E-state index contributed by atoms with van der Waals surface area (Å²) in [5, 5.41) is 4.09. The summed E-state index contributed by atoms with van der Waals surface area (Å²) in [7, 11) is 0. The molecule has 7 nitrogen and oxygen atoms in total. The summed E-state index contributed by atoms with van der Waals surface area (Å²) in [4.78, 5) is 8.69. The van der Waals surface area contributed by atoms with Crippen LogP contribution in [0.25, 0.3) is 33.9 Å². The van der Waals surface area contributed by atoms with Gasteiger partial charge in [0.25, 0.3) is 0 Å². The van der Waals surface area contributed by atoms with Crippen LogP contribution >= 0.6 is 0 Å². The second-order valence-electron chi connectivity index (χ2n) is 5.92. The second-order valence-corrected chi connectivity index (χ2v) is 5.92. The first-order chi connectivity index (χ1) is 13.4. The van der Waals surface area contributed by atoms with Crippen LogP contribution < -0.4 is 5.32 Å². The maximum atomic E-state index is 6.00. The van der Waals surface area contributed by atoms with Gasteiger partial charge < -0.3 is 23.0 Å². The number of hydrogen-bond donors (Lipinski definition) is 1. The van der Waals surface area contributed by atoms with Crippen molar-refractivity contribution in [2.45, 2.75) is 6.42 Å². The molecule has 27 heavy (non-hydrogen) atoms. The van der Waals surface area contributed by atoms with Gasteiger partial charge in [-0.3, -0.25) is 0 Å². The molecule has 0 saturated heterocycles. The summed E-state index contributed by atoms with van der Waals surface area (Å²) in [6.07, 6.45) is 7.09. The van der Waals surface area contributed by atoms with Crippen molar-refractivity contribution in [3.05, 3.63) is 67.3 Å². The molecule has 5 heterocycles. The Morgan fingerprint density at radius 1 is 0.852 bits per heavy atom. The van der Waals surface area contributed by atoms with Gasteiger partial charge in [0.2, 0.25) is 5.71 Å². The Kier molecular flexibility index (Phi) is 3.75. The molecule has 0 saturated carbocycles. The van der Waals surface area contributed by atoms with Crippen LogP contribution in [0.2, 0.25) is 0 Å². The molecule has 0 bridgehead atoms. The van der Waals surface area contributed by atoms with Crippen LogP contribution in [0.4, 0.5) is 5.82 Å². The number of nitrogens with one attached hydrogen (secondary N) is 1. The third kappa shape index (κ3) is 2.79. The van der Waals surface area contributed by atoms with E-state index < -0.39 is 0 Å². The van der Waals surface area contributed by atoms with Crippen LogP contribution in [0.15, 0.2) is 79.2 Å². The van der Waals surface area contributed by atoms with Gasteiger partial charge in [0.05, 0.1) is 29.7 Å². The van der Waals surface area contributed by atoms with E-state index in [0.29, 0.717) is 35.4 Å². The minimum absolute atomic E-state index is 0.461. The summed E-state index contributed by atoms with van der Waals surface area (Å²) >= 11 is 0. The van der Waals surface area contributed by atoms with E-state index in [-0.39, 0.29) is 0 Å². The van der Waals surface area contributed by atoms with Crippen LogP contribution in [0.3, 0.4) is 0 Å². The van der Waals surface area contributed by atoms with E-state index in [2.05, 4.69) is 15.3 Å². The standard InChI is InChI=1S/C20H15N3O4/c1-4-13(24-9-1)7-8-21-19-17-16(14-5-2-10-25-14)18(15-6-3-11-26-15)27-20(17)23-12-22-19/h1-6,9-12H,7-8H2,(H,21,22,23). The van der Waals surface area contributed by atoms with Crippen LogP contribution in [0.1, 0.15) is 5.76 Å². The number of aromatic nitrogens is 2. The van der Waals surface area contributed by atoms with Gasteiger partial charge in [-0.25, -0.2) is 9.97 Å². The fourth-order valence-electron chi connectivity index (χ4n) is 3.06. The first-order valence-electron chi connectivity index (χ1n) is 8.51. The van der Waals surface area contributed by atoms with Gasteiger partial charge in [0, 0.05) is 13.0 Å². The third-order valence-corrected chi connectivity index (χ3v) is 4.24. The molecule has 0 radical (unpaired) electrons. The van der Waals surface area contributed by atoms with E-state index in [1.165, 1.54) is 6.33 Å². The van der Waals surface area contributed by atoms with Crippen LogP contribution in [0.5, 0.6) is 0 Å². The fraction of sp³-hybridized carbons (Fsp3) is 0.100. The molecule has 0 atom stereocenters. The zero-order chi connectivity index (χ0) is 18.1. The maximum absolute atomic E-state index is 6.00. The number of rotatable bonds is 6. The molecular weight excluding hydrogens is 346 g/mol. The lowest BCUT2D eigenvalue weighted by Crippen LogP contribution is -2.06. The predicted octanol–water partition coefficient (Wildman–Crippen LogP) is 4.99. The quantitative estimate of drug-likeness (QED) is 0.455. The Morgan fingerprint density at radius 2 is 1.63 bits per heavy atom. The normalized spacial score (nSPS) is 11.3. The molecule has 5 aromatic rings. The summed E-state index contributed by atoms with van der Waals surface area (Å²) in [5.41, 5.74) is 1.22. The average Bonchev–Trinajstić information content (AvgIpc) is 3.48. The lowest BCUT2D eigenvalue weighted by atomic mass is 10.1. The summed E-state index contributed by atoms with van der Waals surface area (Å²) in [5.74, 6) is 3.38. The van der Waals surface area contributed by atoms with E-state index in [9.17, 15) is 0 Å². The van der Waals surface area contributed by atoms with Crippen molar-refractivity contribution in [3.63, 3.8) is 0 Å². The lowest BCUT2D eigenvalue weighted by Gasteiger charge is -2.06. The highest BCUT2D eigenvalue weighted by atomic mass is 16.4. The first-order valence-corrected chi connectivity index (χ1v) is 8.51. The SMILES string of the molecule is c1coc(CCNc2ncnc3oc(-c4ccco4)c(-c4ccco4)c23)c1. The molecule has 0 spiro atoms. The molecule has 0 aliphatic rings. The Labute approximate surface area is 153 Å². The monoisotopic (exact) mass is 361 g/mol. The zero-order valence-electron chi connectivity index (χ0n) is 14.2. The Balaban J connectivity index is 1.60. The smallest absolute Gasteiger partial charge is 0.232 e. The number of nitrogens with zero attached hydrogens (tertiary/aromatic N) is 2. The highest BCUT2D eigenvalue weighted by molar-refractivity contribution is 6.04. The number of furan rings is 4. The van der Waals surface area contributed by atoms with E-state index in [0.717, 1.165) is 23.1 Å². The van der Waals surface area contributed by atoms with Crippen molar-refractivity contribution in [2.75, 3.05) is 11.9 Å². The van der Waals surface area contributed by atoms with Crippen molar-refractivity contribution >= 4 is 16.9 Å². The molecule has 0 aliphatic heterocycles. The maximum Gasteiger partial charge on any atom is 0.232 e. The fourth-order valence-corrected chi connectivity index (χ4v) is 3.06. The van der Waals surface area contributed by atoms with Gasteiger partial charge in [-0.2, -0.15) is 0 Å². The molecule has 0 aliphatic carbocycles. The second kappa shape index (κ2) is 6.53. The summed E-state index contributed by atoms with van der Waals surface area (Å²) in [6.45, 7) is 0.651. The van der Waals surface area contributed by atoms with E-state index in [4.69, 9.17) is 17.7 Å². The van der Waals surface area contributed by atoms with Gasteiger partial charge >= 0.3 is 0 Å². The highest BCUT2D eigenvalue weighted by Gasteiger charge is 2.25. The van der Waals surface area contributed by atoms with Gasteiger partial charge in [0.15, 0.2) is 11.5 Å². The average molecular weight is 361 g/mol. The lowest BCUT2D eigenvalue weighted by molar-refractivity contribution is 0.513. The van der Waals surface area contributed by atoms with Crippen molar-refractivity contribution in [1.29, 1.82) is 0 Å². The summed E-state index contributed by atoms with van der Waals surface area (Å²) in [6, 6.07) is 11.2. The molecule has 0 unspecified atom stereocenters. The molecular formula is C20H15N3O4. The van der Waals surface area contributed by atoms with E-state index in [1.54, 1.807) is 18.8 Å². The van der Waals surface area contributed by atoms with Crippen molar-refractivity contribution in [3.8, 4) is 22.8 Å². The zero-order valence-corrected chi connectivity index (χ0v) is 14.2. The minimum Gasteiger partial charge on any atom is -0.469 e.